The molecule has 0 spiro atoms. The van der Waals surface area contributed by atoms with Gasteiger partial charge in [-0.3, -0.25) is 5.32 Å². The highest BCUT2D eigenvalue weighted by Crippen LogP contribution is 2.39. The number of amides is 1. The van der Waals surface area contributed by atoms with Crippen molar-refractivity contribution in [3.63, 3.8) is 0 Å². The van der Waals surface area contributed by atoms with Crippen molar-refractivity contribution in [2.45, 2.75) is 44.6 Å². The molecule has 3 rings (SSSR count). The topological polar surface area (TPSA) is 83.8 Å². The number of carbonyl (C=O) groups excluding carboxylic acids is 1. The summed E-state index contributed by atoms with van der Waals surface area (Å²) in [5, 5.41) is 11.4. The number of carbonyl (C=O) groups is 1. The van der Waals surface area contributed by atoms with Crippen molar-refractivity contribution in [2.24, 2.45) is 0 Å². The molecule has 0 bridgehead atoms. The van der Waals surface area contributed by atoms with Gasteiger partial charge >= 0.3 is 18.4 Å². The van der Waals surface area contributed by atoms with Crippen LogP contribution in [-0.2, 0) is 15.7 Å². The molecule has 2 aromatic rings. The molecule has 1 amide bonds. The lowest BCUT2D eigenvalue weighted by Gasteiger charge is -2.27. The summed E-state index contributed by atoms with van der Waals surface area (Å²) in [6.45, 7) is 2.63. The Hall–Kier alpha value is -3.66. The number of rotatable bonds is 6. The van der Waals surface area contributed by atoms with Gasteiger partial charge in [-0.2, -0.15) is 31.6 Å². The molecule has 1 fully saturated rings. The van der Waals surface area contributed by atoms with Crippen molar-refractivity contribution in [1.29, 1.82) is 5.26 Å². The smallest absolute Gasteiger partial charge is 0.433 e. The number of nitriles is 1. The van der Waals surface area contributed by atoms with E-state index in [1.54, 1.807) is 13.8 Å². The van der Waals surface area contributed by atoms with Crippen LogP contribution in [0.25, 0.3) is 0 Å². The van der Waals surface area contributed by atoms with Gasteiger partial charge in [0.2, 0.25) is 6.23 Å². The third-order valence-electron chi connectivity index (χ3n) is 4.92. The van der Waals surface area contributed by atoms with E-state index in [1.165, 1.54) is 30.3 Å². The van der Waals surface area contributed by atoms with E-state index in [2.05, 4.69) is 5.32 Å². The first-order chi connectivity index (χ1) is 16.8. The van der Waals surface area contributed by atoms with Crippen LogP contribution >= 0.6 is 0 Å². The normalized spacial score (nSPS) is 18.2. The molecular weight excluding hydrogens is 496 g/mol. The molecule has 7 nitrogen and oxygen atoms in total. The van der Waals surface area contributed by atoms with Gasteiger partial charge < -0.3 is 19.1 Å². The summed E-state index contributed by atoms with van der Waals surface area (Å²) in [6, 6.07) is 9.64. The molecule has 2 aromatic carbocycles. The second-order valence-corrected chi connectivity index (χ2v) is 8.06. The Balaban J connectivity index is 1.70. The molecule has 2 unspecified atom stereocenters. The number of halogens is 6. The molecule has 36 heavy (non-hydrogen) atoms. The van der Waals surface area contributed by atoms with E-state index < -0.39 is 54.1 Å². The third-order valence-corrected chi connectivity index (χ3v) is 4.92. The molecule has 1 aliphatic rings. The molecule has 13 heteroatoms. The van der Waals surface area contributed by atoms with E-state index in [0.29, 0.717) is 16.7 Å². The summed E-state index contributed by atoms with van der Waals surface area (Å²) in [7, 11) is 0. The number of benzene rings is 2. The Kier molecular flexibility index (Phi) is 7.88. The minimum absolute atomic E-state index is 0.265. The van der Waals surface area contributed by atoms with Crippen LogP contribution in [0.1, 0.15) is 25.0 Å². The fourth-order valence-electron chi connectivity index (χ4n) is 3.43. The summed E-state index contributed by atoms with van der Waals surface area (Å²) in [4.78, 5) is 12.3. The van der Waals surface area contributed by atoms with E-state index in [9.17, 15) is 31.1 Å². The maximum atomic E-state index is 13.6. The maximum Gasteiger partial charge on any atom is 0.433 e. The van der Waals surface area contributed by atoms with Crippen LogP contribution in [0.2, 0.25) is 0 Å². The highest BCUT2D eigenvalue weighted by atomic mass is 19.4. The Bertz CT molecular complexity index is 1110. The molecule has 2 atom stereocenters. The molecule has 0 saturated carbocycles. The Morgan fingerprint density at radius 1 is 1.17 bits per heavy atom. The molecule has 1 heterocycles. The van der Waals surface area contributed by atoms with Gasteiger partial charge in [0.15, 0.2) is 0 Å². The molecular formula is C23H21F6N3O4. The Morgan fingerprint density at radius 2 is 1.83 bits per heavy atom. The van der Waals surface area contributed by atoms with Gasteiger partial charge in [-0.15, -0.1) is 0 Å². The first-order valence-electron chi connectivity index (χ1n) is 10.6. The Labute approximate surface area is 202 Å². The molecule has 0 aromatic heterocycles. The second kappa shape index (κ2) is 10.5. The standard InChI is InChI=1S/C23H21F6N3O4/c1-13(2)35-21(33)31-15-4-7-17(8-5-15)34-12-18-11-32(20(36-18)23(27,28)29)16-6-3-14(10-30)19(9-16)22(24,25)26/h3-9,13,18,20H,11-12H2,1-2H3,(H,31,33). The van der Waals surface area contributed by atoms with Gasteiger partial charge in [-0.05, 0) is 56.3 Å². The highest BCUT2D eigenvalue weighted by molar-refractivity contribution is 5.84. The second-order valence-electron chi connectivity index (χ2n) is 8.06. The van der Waals surface area contributed by atoms with E-state index >= 15 is 0 Å². The summed E-state index contributed by atoms with van der Waals surface area (Å²) >= 11 is 0. The number of ether oxygens (including phenoxy) is 3. The van der Waals surface area contributed by atoms with Crippen molar-refractivity contribution in [3.05, 3.63) is 53.6 Å². The van der Waals surface area contributed by atoms with Crippen molar-refractivity contribution in [1.82, 2.24) is 0 Å². The van der Waals surface area contributed by atoms with Crippen molar-refractivity contribution < 1.29 is 45.3 Å². The zero-order valence-electron chi connectivity index (χ0n) is 19.0. The van der Waals surface area contributed by atoms with Crippen LogP contribution in [0.5, 0.6) is 5.75 Å². The first kappa shape index (κ1) is 26.9. The lowest BCUT2D eigenvalue weighted by Crippen LogP contribution is -2.42. The minimum atomic E-state index is -4.93. The number of hydrogen-bond acceptors (Lipinski definition) is 6. The first-order valence-corrected chi connectivity index (χ1v) is 10.6. The van der Waals surface area contributed by atoms with Gasteiger partial charge in [-0.25, -0.2) is 4.79 Å². The number of nitrogens with zero attached hydrogens (tertiary/aromatic N) is 2. The van der Waals surface area contributed by atoms with Crippen LogP contribution in [-0.4, -0.2) is 43.9 Å². The predicted octanol–water partition coefficient (Wildman–Crippen LogP) is 5.71. The zero-order chi connectivity index (χ0) is 26.7. The van der Waals surface area contributed by atoms with Crippen molar-refractivity contribution in [3.8, 4) is 11.8 Å². The third kappa shape index (κ3) is 6.72. The lowest BCUT2D eigenvalue weighted by molar-refractivity contribution is -0.215. The van der Waals surface area contributed by atoms with Gasteiger partial charge in [0.05, 0.1) is 29.8 Å². The highest BCUT2D eigenvalue weighted by Gasteiger charge is 2.51. The van der Waals surface area contributed by atoms with Gasteiger partial charge in [0.25, 0.3) is 0 Å². The minimum Gasteiger partial charge on any atom is -0.491 e. The van der Waals surface area contributed by atoms with Gasteiger partial charge in [0, 0.05) is 11.4 Å². The SMILES string of the molecule is CC(C)OC(=O)Nc1ccc(OCC2CN(c3ccc(C#N)c(C(F)(F)F)c3)C(C(F)(F)F)O2)cc1. The summed E-state index contributed by atoms with van der Waals surface area (Å²) in [5.41, 5.74) is -2.04. The molecule has 0 radical (unpaired) electrons. The van der Waals surface area contributed by atoms with E-state index in [-0.39, 0.29) is 18.5 Å². The molecule has 1 N–H and O–H groups in total. The van der Waals surface area contributed by atoms with Crippen LogP contribution in [0.4, 0.5) is 42.5 Å². The average Bonchev–Trinajstić information content (AvgIpc) is 3.22. The number of alkyl halides is 6. The zero-order valence-corrected chi connectivity index (χ0v) is 19.0. The summed E-state index contributed by atoms with van der Waals surface area (Å²) < 4.78 is 96.2. The van der Waals surface area contributed by atoms with E-state index in [1.807, 2.05) is 0 Å². The van der Waals surface area contributed by atoms with Crippen LogP contribution in [0.15, 0.2) is 42.5 Å². The average molecular weight is 517 g/mol. The fraction of sp³-hybridized carbons (Fsp3) is 0.391. The predicted molar refractivity (Wildman–Crippen MR) is 115 cm³/mol. The number of nitrogens with one attached hydrogen (secondary N) is 1. The van der Waals surface area contributed by atoms with Gasteiger partial charge in [-0.1, -0.05) is 0 Å². The molecule has 0 aliphatic carbocycles. The van der Waals surface area contributed by atoms with Crippen molar-refractivity contribution >= 4 is 17.5 Å². The quantitative estimate of drug-likeness (QED) is 0.495. The largest absolute Gasteiger partial charge is 0.491 e. The van der Waals surface area contributed by atoms with Crippen molar-refractivity contribution in [2.75, 3.05) is 23.4 Å². The van der Waals surface area contributed by atoms with Crippen LogP contribution in [0.3, 0.4) is 0 Å². The summed E-state index contributed by atoms with van der Waals surface area (Å²) in [5.74, 6) is 0.265. The lowest BCUT2D eigenvalue weighted by atomic mass is 10.1. The van der Waals surface area contributed by atoms with Crippen LogP contribution < -0.4 is 15.0 Å². The molecule has 194 valence electrons. The maximum absolute atomic E-state index is 13.6. The summed E-state index contributed by atoms with van der Waals surface area (Å²) in [6.07, 6.45) is -14.4. The molecule has 1 aliphatic heterocycles. The van der Waals surface area contributed by atoms with E-state index in [4.69, 9.17) is 19.5 Å². The van der Waals surface area contributed by atoms with E-state index in [0.717, 1.165) is 12.1 Å². The fourth-order valence-corrected chi connectivity index (χ4v) is 3.43. The number of anilines is 2. The monoisotopic (exact) mass is 517 g/mol. The van der Waals surface area contributed by atoms with Crippen LogP contribution in [0, 0.1) is 11.3 Å². The van der Waals surface area contributed by atoms with Gasteiger partial charge in [0.1, 0.15) is 18.5 Å². The Morgan fingerprint density at radius 3 is 2.39 bits per heavy atom. The number of hydrogen-bond donors (Lipinski definition) is 1. The molecule has 1 saturated heterocycles.